The Labute approximate surface area is 311 Å². The topological polar surface area (TPSA) is 3.24 Å². The summed E-state index contributed by atoms with van der Waals surface area (Å²) in [5, 5.41) is 0. The van der Waals surface area contributed by atoms with Crippen molar-refractivity contribution < 1.29 is 0 Å². The van der Waals surface area contributed by atoms with Gasteiger partial charge in [-0.05, 0) is 128 Å². The Morgan fingerprint density at radius 1 is 0.377 bits per heavy atom. The molecule has 2 unspecified atom stereocenters. The van der Waals surface area contributed by atoms with Crippen molar-refractivity contribution in [2.45, 2.75) is 25.2 Å². The van der Waals surface area contributed by atoms with Crippen molar-refractivity contribution in [1.29, 1.82) is 0 Å². The molecule has 4 aliphatic rings. The van der Waals surface area contributed by atoms with Gasteiger partial charge in [0.1, 0.15) is 0 Å². The Balaban J connectivity index is 1.21. The molecule has 0 saturated carbocycles. The van der Waals surface area contributed by atoms with Gasteiger partial charge >= 0.3 is 0 Å². The lowest BCUT2D eigenvalue weighted by Gasteiger charge is -2.56. The molecule has 12 rings (SSSR count). The van der Waals surface area contributed by atoms with E-state index in [2.05, 4.69) is 201 Å². The summed E-state index contributed by atoms with van der Waals surface area (Å²) in [6.07, 6.45) is 0. The molecule has 1 spiro atoms. The summed E-state index contributed by atoms with van der Waals surface area (Å²) >= 11 is 0. The van der Waals surface area contributed by atoms with Crippen LogP contribution < -0.4 is 4.90 Å². The van der Waals surface area contributed by atoms with Gasteiger partial charge in [0.15, 0.2) is 0 Å². The molecule has 1 aliphatic heterocycles. The van der Waals surface area contributed by atoms with Crippen molar-refractivity contribution in [3.8, 4) is 33.4 Å². The second-order valence-electron chi connectivity index (χ2n) is 15.0. The van der Waals surface area contributed by atoms with Gasteiger partial charge in [-0.2, -0.15) is 0 Å². The van der Waals surface area contributed by atoms with Crippen LogP contribution in [0, 0.1) is 13.8 Å². The van der Waals surface area contributed by atoms with Crippen LogP contribution in [-0.4, -0.2) is 0 Å². The van der Waals surface area contributed by atoms with E-state index >= 15 is 0 Å². The minimum absolute atomic E-state index is 0.185. The molecule has 0 aromatic heterocycles. The van der Waals surface area contributed by atoms with Crippen LogP contribution >= 0.6 is 0 Å². The van der Waals surface area contributed by atoms with Gasteiger partial charge in [-0.15, -0.1) is 0 Å². The first-order valence-corrected chi connectivity index (χ1v) is 18.7. The third kappa shape index (κ3) is 4.19. The predicted octanol–water partition coefficient (Wildman–Crippen LogP) is 13.3. The van der Waals surface area contributed by atoms with Gasteiger partial charge in [-0.3, -0.25) is 0 Å². The van der Waals surface area contributed by atoms with Crippen molar-refractivity contribution in [1.82, 2.24) is 0 Å². The molecule has 3 aliphatic carbocycles. The number of hydrogen-bond donors (Lipinski definition) is 0. The van der Waals surface area contributed by atoms with Crippen molar-refractivity contribution in [2.75, 3.05) is 4.90 Å². The van der Waals surface area contributed by atoms with Gasteiger partial charge in [0.25, 0.3) is 0 Å². The lowest BCUT2D eigenvalue weighted by Crippen LogP contribution is -2.47. The Kier molecular flexibility index (Phi) is 6.43. The molecule has 250 valence electrons. The smallest absolute Gasteiger partial charge is 0.0751 e. The van der Waals surface area contributed by atoms with Crippen molar-refractivity contribution in [2.24, 2.45) is 0 Å². The van der Waals surface area contributed by atoms with Crippen LogP contribution in [-0.2, 0) is 5.41 Å². The number of anilines is 3. The second-order valence-corrected chi connectivity index (χ2v) is 15.0. The fraction of sp³-hybridized carbons (Fsp3) is 0.0769. The minimum Gasteiger partial charge on any atom is -0.310 e. The van der Waals surface area contributed by atoms with E-state index in [1.165, 1.54) is 101 Å². The molecule has 2 bridgehead atoms. The summed E-state index contributed by atoms with van der Waals surface area (Å²) in [4.78, 5) is 2.54. The van der Waals surface area contributed by atoms with Crippen molar-refractivity contribution >= 4 is 17.1 Å². The SMILES string of the molecule is Cc1cc2c(cc1C)C13c4ccccc4C2c2cccc(c21)N(c1cccc(-c2ccccc2)c1)c1ccc(-c2ccc(-c4ccccc4)cc2)cc13. The van der Waals surface area contributed by atoms with E-state index in [0.717, 1.165) is 0 Å². The third-order valence-corrected chi connectivity index (χ3v) is 12.2. The average Bonchev–Trinajstić information content (AvgIpc) is 3.22. The Hall–Kier alpha value is -6.44. The molecule has 0 saturated heterocycles. The number of benzene rings is 8. The Bertz CT molecular complexity index is 2740. The zero-order valence-electron chi connectivity index (χ0n) is 29.8. The third-order valence-electron chi connectivity index (χ3n) is 12.2. The summed E-state index contributed by atoms with van der Waals surface area (Å²) in [7, 11) is 0. The summed E-state index contributed by atoms with van der Waals surface area (Å²) in [5.74, 6) is 0.185. The maximum Gasteiger partial charge on any atom is 0.0751 e. The van der Waals surface area contributed by atoms with E-state index in [0.29, 0.717) is 0 Å². The van der Waals surface area contributed by atoms with E-state index < -0.39 is 5.41 Å². The molecule has 53 heavy (non-hydrogen) atoms. The fourth-order valence-corrected chi connectivity index (χ4v) is 9.79. The normalized spacial score (nSPS) is 17.1. The first-order chi connectivity index (χ1) is 26.1. The zero-order valence-corrected chi connectivity index (χ0v) is 29.8. The van der Waals surface area contributed by atoms with Crippen LogP contribution in [0.25, 0.3) is 33.4 Å². The number of hydrogen-bond acceptors (Lipinski definition) is 1. The lowest BCUT2D eigenvalue weighted by atomic mass is 9.49. The largest absolute Gasteiger partial charge is 0.310 e. The summed E-state index contributed by atoms with van der Waals surface area (Å²) < 4.78 is 0. The molecule has 1 heteroatoms. The van der Waals surface area contributed by atoms with Crippen LogP contribution in [0.5, 0.6) is 0 Å². The molecule has 0 amide bonds. The van der Waals surface area contributed by atoms with Gasteiger partial charge < -0.3 is 4.90 Å². The molecule has 0 fully saturated rings. The highest BCUT2D eigenvalue weighted by molar-refractivity contribution is 5.95. The fourth-order valence-electron chi connectivity index (χ4n) is 9.79. The van der Waals surface area contributed by atoms with E-state index in [4.69, 9.17) is 0 Å². The maximum absolute atomic E-state index is 2.54. The zero-order chi connectivity index (χ0) is 35.3. The lowest BCUT2D eigenvalue weighted by molar-refractivity contribution is 0.621. The van der Waals surface area contributed by atoms with Crippen LogP contribution in [0.1, 0.15) is 56.0 Å². The summed E-state index contributed by atoms with van der Waals surface area (Å²) in [6.45, 7) is 4.55. The Morgan fingerprint density at radius 2 is 0.943 bits per heavy atom. The highest BCUT2D eigenvalue weighted by atomic mass is 15.2. The van der Waals surface area contributed by atoms with Crippen molar-refractivity contribution in [3.63, 3.8) is 0 Å². The number of nitrogens with zero attached hydrogens (tertiary/aromatic N) is 1. The molecule has 1 heterocycles. The monoisotopic (exact) mass is 675 g/mol. The summed E-state index contributed by atoms with van der Waals surface area (Å²) in [5.41, 5.74) is 23.1. The van der Waals surface area contributed by atoms with Crippen LogP contribution in [0.4, 0.5) is 17.1 Å². The summed E-state index contributed by atoms with van der Waals surface area (Å²) in [6, 6.07) is 68.2. The number of rotatable bonds is 4. The highest BCUT2D eigenvalue weighted by Gasteiger charge is 2.57. The molecule has 0 radical (unpaired) electrons. The first-order valence-electron chi connectivity index (χ1n) is 18.7. The number of fused-ring (bicyclic) bond motifs is 1. The van der Waals surface area contributed by atoms with Crippen LogP contribution in [0.15, 0.2) is 182 Å². The molecular weight excluding hydrogens is 639 g/mol. The Morgan fingerprint density at radius 3 is 1.72 bits per heavy atom. The molecule has 8 aromatic carbocycles. The van der Waals surface area contributed by atoms with E-state index in [9.17, 15) is 0 Å². The van der Waals surface area contributed by atoms with Gasteiger partial charge in [0.2, 0.25) is 0 Å². The maximum atomic E-state index is 2.54. The van der Waals surface area contributed by atoms with Gasteiger partial charge in [0, 0.05) is 11.6 Å². The standard InChI is InChI=1S/C52H37N/c1-33-29-44-46(30-34(33)2)52-45-21-10-9-19-42(45)50(44)43-20-12-22-49(51(43)52)53(41-18-11-17-39(31-41)36-15-7-4-8-16-36)48-28-27-40(32-47(48)52)38-25-23-37(24-26-38)35-13-5-3-6-14-35/h3-32,50H,1-2H3. The van der Waals surface area contributed by atoms with Gasteiger partial charge in [-0.1, -0.05) is 152 Å². The van der Waals surface area contributed by atoms with Crippen LogP contribution in [0.3, 0.4) is 0 Å². The number of aryl methyl sites for hydroxylation is 2. The minimum atomic E-state index is -0.464. The van der Waals surface area contributed by atoms with Crippen molar-refractivity contribution in [3.05, 3.63) is 232 Å². The molecular formula is C52H37N. The first kappa shape index (κ1) is 30.2. The van der Waals surface area contributed by atoms with Gasteiger partial charge in [0.05, 0.1) is 16.8 Å². The van der Waals surface area contributed by atoms with E-state index in [1.54, 1.807) is 0 Å². The molecule has 2 atom stereocenters. The molecule has 1 nitrogen and oxygen atoms in total. The highest BCUT2D eigenvalue weighted by Crippen LogP contribution is 2.68. The van der Waals surface area contributed by atoms with E-state index in [-0.39, 0.29) is 5.92 Å². The molecule has 8 aromatic rings. The quantitative estimate of drug-likeness (QED) is 0.179. The predicted molar refractivity (Wildman–Crippen MR) is 220 cm³/mol. The van der Waals surface area contributed by atoms with Crippen LogP contribution in [0.2, 0.25) is 0 Å². The molecule has 0 N–H and O–H groups in total. The average molecular weight is 676 g/mol. The van der Waals surface area contributed by atoms with Gasteiger partial charge in [-0.25, -0.2) is 0 Å². The van der Waals surface area contributed by atoms with E-state index in [1.807, 2.05) is 0 Å². The second kappa shape index (κ2) is 11.3.